The summed E-state index contributed by atoms with van der Waals surface area (Å²) in [5, 5.41) is 5.78. The number of ether oxygens (including phenoxy) is 3. The number of esters is 1. The van der Waals surface area contributed by atoms with E-state index >= 15 is 0 Å². The Labute approximate surface area is 167 Å². The minimum absolute atomic E-state index is 0.107. The van der Waals surface area contributed by atoms with Crippen LogP contribution in [0.15, 0.2) is 60.0 Å². The van der Waals surface area contributed by atoms with Gasteiger partial charge in [-0.1, -0.05) is 18.2 Å². The van der Waals surface area contributed by atoms with E-state index in [1.807, 2.05) is 53.9 Å². The second-order valence-corrected chi connectivity index (χ2v) is 6.54. The normalized spacial score (nSPS) is 10.6. The minimum atomic E-state index is -0.441. The first kappa shape index (κ1) is 19.4. The Morgan fingerprint density at radius 1 is 1.11 bits per heavy atom. The predicted molar refractivity (Wildman–Crippen MR) is 110 cm³/mol. The molecule has 0 aliphatic heterocycles. The standard InChI is InChI=1S/C21H20N2O4S/c1-25-18-10-8-16(9-11-18)22-21-23-17(14-28-21)13-27-20(24)12-7-15-5-3-4-6-19(15)26-2/h3-12,14H,13H2,1-2H3,(H,22,23)/b12-7+. The van der Waals surface area contributed by atoms with Gasteiger partial charge in [-0.3, -0.25) is 0 Å². The van der Waals surface area contributed by atoms with Crippen LogP contribution in [0.1, 0.15) is 11.3 Å². The Morgan fingerprint density at radius 2 is 1.89 bits per heavy atom. The number of methoxy groups -OCH3 is 2. The number of carbonyl (C=O) groups excluding carboxylic acids is 1. The summed E-state index contributed by atoms with van der Waals surface area (Å²) in [4.78, 5) is 16.4. The molecule has 0 unspecified atom stereocenters. The molecule has 3 rings (SSSR count). The third kappa shape index (κ3) is 5.34. The van der Waals surface area contributed by atoms with Crippen molar-refractivity contribution in [2.45, 2.75) is 6.61 Å². The lowest BCUT2D eigenvalue weighted by atomic mass is 10.2. The average molecular weight is 396 g/mol. The van der Waals surface area contributed by atoms with Crippen molar-refractivity contribution in [3.63, 3.8) is 0 Å². The Bertz CT molecular complexity index is 951. The van der Waals surface area contributed by atoms with Gasteiger partial charge in [0.15, 0.2) is 5.13 Å². The van der Waals surface area contributed by atoms with Crippen molar-refractivity contribution in [3.8, 4) is 11.5 Å². The first-order valence-electron chi connectivity index (χ1n) is 8.51. The van der Waals surface area contributed by atoms with E-state index in [9.17, 15) is 4.79 Å². The van der Waals surface area contributed by atoms with Crippen molar-refractivity contribution in [1.29, 1.82) is 0 Å². The molecular weight excluding hydrogens is 376 g/mol. The molecule has 0 fully saturated rings. The zero-order valence-corrected chi connectivity index (χ0v) is 16.4. The molecule has 144 valence electrons. The van der Waals surface area contributed by atoms with E-state index < -0.39 is 5.97 Å². The molecule has 0 spiro atoms. The third-order valence-corrected chi connectivity index (χ3v) is 4.60. The van der Waals surface area contributed by atoms with Gasteiger partial charge in [0.1, 0.15) is 18.1 Å². The van der Waals surface area contributed by atoms with Crippen LogP contribution in [0, 0.1) is 0 Å². The fraction of sp³-hybridized carbons (Fsp3) is 0.143. The summed E-state index contributed by atoms with van der Waals surface area (Å²) in [5.41, 5.74) is 2.39. The molecule has 1 aromatic heterocycles. The van der Waals surface area contributed by atoms with Gasteiger partial charge in [-0.05, 0) is 36.4 Å². The van der Waals surface area contributed by atoms with Gasteiger partial charge in [0.25, 0.3) is 0 Å². The number of benzene rings is 2. The van der Waals surface area contributed by atoms with E-state index in [2.05, 4.69) is 10.3 Å². The molecule has 0 amide bonds. The van der Waals surface area contributed by atoms with Crippen LogP contribution in [-0.4, -0.2) is 25.2 Å². The van der Waals surface area contributed by atoms with E-state index in [0.717, 1.165) is 22.1 Å². The summed E-state index contributed by atoms with van der Waals surface area (Å²) in [7, 11) is 3.22. The van der Waals surface area contributed by atoms with Gasteiger partial charge in [-0.15, -0.1) is 11.3 Å². The number of thiazole rings is 1. The van der Waals surface area contributed by atoms with Crippen LogP contribution in [-0.2, 0) is 16.1 Å². The lowest BCUT2D eigenvalue weighted by Crippen LogP contribution is -2.01. The molecular formula is C21H20N2O4S. The van der Waals surface area contributed by atoms with Gasteiger partial charge >= 0.3 is 5.97 Å². The van der Waals surface area contributed by atoms with Crippen LogP contribution in [0.5, 0.6) is 11.5 Å². The van der Waals surface area contributed by atoms with Gasteiger partial charge < -0.3 is 19.5 Å². The molecule has 2 aromatic carbocycles. The summed E-state index contributed by atoms with van der Waals surface area (Å²) < 4.78 is 15.6. The van der Waals surface area contributed by atoms with Gasteiger partial charge in [0, 0.05) is 22.7 Å². The number of hydrogen-bond donors (Lipinski definition) is 1. The highest BCUT2D eigenvalue weighted by molar-refractivity contribution is 7.13. The third-order valence-electron chi connectivity index (χ3n) is 3.79. The topological polar surface area (TPSA) is 69.7 Å². The summed E-state index contributed by atoms with van der Waals surface area (Å²) >= 11 is 1.44. The molecule has 1 heterocycles. The number of aromatic nitrogens is 1. The summed E-state index contributed by atoms with van der Waals surface area (Å²) in [6.45, 7) is 0.107. The SMILES string of the molecule is COc1ccc(Nc2nc(COC(=O)/C=C/c3ccccc3OC)cs2)cc1. The number of anilines is 2. The van der Waals surface area contributed by atoms with Gasteiger partial charge in [0.2, 0.25) is 0 Å². The lowest BCUT2D eigenvalue weighted by molar-refractivity contribution is -0.139. The summed E-state index contributed by atoms with van der Waals surface area (Å²) in [6.07, 6.45) is 3.04. The molecule has 0 radical (unpaired) electrons. The Balaban J connectivity index is 1.52. The van der Waals surface area contributed by atoms with Gasteiger partial charge in [-0.2, -0.15) is 0 Å². The van der Waals surface area contributed by atoms with E-state index in [0.29, 0.717) is 11.4 Å². The van der Waals surface area contributed by atoms with Crippen molar-refractivity contribution < 1.29 is 19.0 Å². The maximum atomic E-state index is 11.9. The first-order chi connectivity index (χ1) is 13.7. The number of nitrogens with one attached hydrogen (secondary N) is 1. The van der Waals surface area contributed by atoms with E-state index in [4.69, 9.17) is 14.2 Å². The average Bonchev–Trinajstić information content (AvgIpc) is 3.18. The van der Waals surface area contributed by atoms with Gasteiger partial charge in [0.05, 0.1) is 19.9 Å². The van der Waals surface area contributed by atoms with Crippen molar-refractivity contribution >= 4 is 34.2 Å². The Hall–Kier alpha value is -3.32. The maximum Gasteiger partial charge on any atom is 0.331 e. The molecule has 0 bridgehead atoms. The minimum Gasteiger partial charge on any atom is -0.497 e. The molecule has 0 saturated carbocycles. The number of nitrogens with zero attached hydrogens (tertiary/aromatic N) is 1. The summed E-state index contributed by atoms with van der Waals surface area (Å²) in [5.74, 6) is 1.04. The monoisotopic (exact) mass is 396 g/mol. The molecule has 1 N–H and O–H groups in total. The smallest absolute Gasteiger partial charge is 0.331 e. The lowest BCUT2D eigenvalue weighted by Gasteiger charge is -2.04. The zero-order valence-electron chi connectivity index (χ0n) is 15.5. The Kier molecular flexibility index (Phi) is 6.64. The van der Waals surface area contributed by atoms with Crippen molar-refractivity contribution in [3.05, 3.63) is 71.2 Å². The van der Waals surface area contributed by atoms with E-state index in [1.54, 1.807) is 20.3 Å². The second-order valence-electron chi connectivity index (χ2n) is 5.68. The highest BCUT2D eigenvalue weighted by atomic mass is 32.1. The number of rotatable bonds is 8. The van der Waals surface area contributed by atoms with Crippen molar-refractivity contribution in [2.75, 3.05) is 19.5 Å². The molecule has 28 heavy (non-hydrogen) atoms. The van der Waals surface area contributed by atoms with Crippen LogP contribution < -0.4 is 14.8 Å². The predicted octanol–water partition coefficient (Wildman–Crippen LogP) is 4.66. The van der Waals surface area contributed by atoms with Crippen molar-refractivity contribution in [1.82, 2.24) is 4.98 Å². The van der Waals surface area contributed by atoms with Crippen LogP contribution in [0.2, 0.25) is 0 Å². The number of carbonyl (C=O) groups is 1. The number of para-hydroxylation sites is 1. The van der Waals surface area contributed by atoms with E-state index in [1.165, 1.54) is 17.4 Å². The molecule has 0 atom stereocenters. The quantitative estimate of drug-likeness (QED) is 0.441. The first-order valence-corrected chi connectivity index (χ1v) is 9.39. The van der Waals surface area contributed by atoms with Gasteiger partial charge in [-0.25, -0.2) is 9.78 Å². The van der Waals surface area contributed by atoms with Crippen molar-refractivity contribution in [2.24, 2.45) is 0 Å². The Morgan fingerprint density at radius 3 is 2.64 bits per heavy atom. The molecule has 3 aromatic rings. The molecule has 0 aliphatic rings. The fourth-order valence-corrected chi connectivity index (χ4v) is 3.10. The number of hydrogen-bond acceptors (Lipinski definition) is 7. The largest absolute Gasteiger partial charge is 0.497 e. The molecule has 6 nitrogen and oxygen atoms in total. The van der Waals surface area contributed by atoms with Crippen LogP contribution in [0.4, 0.5) is 10.8 Å². The molecule has 0 aliphatic carbocycles. The fourth-order valence-electron chi connectivity index (χ4n) is 2.38. The van der Waals surface area contributed by atoms with Crippen LogP contribution in [0.25, 0.3) is 6.08 Å². The molecule has 0 saturated heterocycles. The second kappa shape index (κ2) is 9.57. The summed E-state index contributed by atoms with van der Waals surface area (Å²) in [6, 6.07) is 15.0. The highest BCUT2D eigenvalue weighted by Crippen LogP contribution is 2.23. The molecule has 7 heteroatoms. The maximum absolute atomic E-state index is 11.9. The zero-order chi connectivity index (χ0) is 19.8. The highest BCUT2D eigenvalue weighted by Gasteiger charge is 2.06. The van der Waals surface area contributed by atoms with Crippen LogP contribution >= 0.6 is 11.3 Å². The van der Waals surface area contributed by atoms with Crippen LogP contribution in [0.3, 0.4) is 0 Å². The van der Waals surface area contributed by atoms with E-state index in [-0.39, 0.29) is 6.61 Å².